The Labute approximate surface area is 110 Å². The monoisotopic (exact) mass is 257 g/mol. The Kier molecular flexibility index (Phi) is 3.77. The van der Waals surface area contributed by atoms with E-state index in [2.05, 4.69) is 9.97 Å². The molecule has 2 N–H and O–H groups in total. The molecule has 0 saturated carbocycles. The molecule has 0 aliphatic carbocycles. The molecule has 0 unspecified atom stereocenters. The van der Waals surface area contributed by atoms with Gasteiger partial charge in [0.1, 0.15) is 0 Å². The van der Waals surface area contributed by atoms with Gasteiger partial charge in [0.25, 0.3) is 0 Å². The summed E-state index contributed by atoms with van der Waals surface area (Å²) in [7, 11) is 0. The predicted octanol–water partition coefficient (Wildman–Crippen LogP) is 1.99. The molecule has 2 aromatic heterocycles. The molecule has 5 nitrogen and oxygen atoms in total. The van der Waals surface area contributed by atoms with E-state index in [0.717, 1.165) is 16.7 Å². The van der Waals surface area contributed by atoms with Crippen molar-refractivity contribution in [2.45, 2.75) is 6.92 Å². The van der Waals surface area contributed by atoms with Gasteiger partial charge >= 0.3 is 6.01 Å². The van der Waals surface area contributed by atoms with Gasteiger partial charge in [0.2, 0.25) is 0 Å². The summed E-state index contributed by atoms with van der Waals surface area (Å²) in [5.41, 5.74) is 2.96. The molecule has 0 fully saturated rings. The number of hydrogen-bond donors (Lipinski definition) is 0. The smallest absolute Gasteiger partial charge is 0.302 e. The number of benzene rings is 1. The largest absolute Gasteiger partial charge is 0.465 e. The van der Waals surface area contributed by atoms with Crippen LogP contribution in [0.25, 0.3) is 16.7 Å². The van der Waals surface area contributed by atoms with Crippen molar-refractivity contribution in [1.82, 2.24) is 14.5 Å². The number of hydrogen-bond acceptors (Lipinski definition) is 3. The Hall–Kier alpha value is -2.40. The first-order valence-electron chi connectivity index (χ1n) is 5.91. The second-order valence-corrected chi connectivity index (χ2v) is 3.86. The van der Waals surface area contributed by atoms with Gasteiger partial charge in [-0.25, -0.2) is 0 Å². The molecule has 0 bridgehead atoms. The van der Waals surface area contributed by atoms with E-state index in [9.17, 15) is 0 Å². The normalized spacial score (nSPS) is 10.2. The van der Waals surface area contributed by atoms with Gasteiger partial charge in [-0.05, 0) is 31.2 Å². The van der Waals surface area contributed by atoms with Crippen LogP contribution in [0, 0.1) is 0 Å². The van der Waals surface area contributed by atoms with Crippen LogP contribution in [0.15, 0.2) is 48.8 Å². The molecule has 0 aliphatic rings. The third-order valence-electron chi connectivity index (χ3n) is 2.72. The van der Waals surface area contributed by atoms with Gasteiger partial charge in [0, 0.05) is 12.4 Å². The number of pyridine rings is 1. The molecule has 0 spiro atoms. The van der Waals surface area contributed by atoms with E-state index >= 15 is 0 Å². The summed E-state index contributed by atoms with van der Waals surface area (Å²) in [5.74, 6) is 0. The number of aromatic nitrogens is 3. The van der Waals surface area contributed by atoms with Crippen LogP contribution in [0.2, 0.25) is 0 Å². The van der Waals surface area contributed by atoms with Gasteiger partial charge in [-0.1, -0.05) is 12.1 Å². The van der Waals surface area contributed by atoms with E-state index < -0.39 is 0 Å². The lowest BCUT2D eigenvalue weighted by Gasteiger charge is -2.08. The summed E-state index contributed by atoms with van der Waals surface area (Å²) in [6, 6.07) is 12.5. The molecule has 98 valence electrons. The van der Waals surface area contributed by atoms with Crippen LogP contribution in [0.3, 0.4) is 0 Å². The summed E-state index contributed by atoms with van der Waals surface area (Å²) in [5, 5.41) is 0. The van der Waals surface area contributed by atoms with Crippen LogP contribution in [-0.2, 0) is 0 Å². The SMILES string of the molecule is CCOc1nc2ccccc2n1-c1ccncc1.O. The maximum absolute atomic E-state index is 5.61. The number of para-hydroxylation sites is 2. The van der Waals surface area contributed by atoms with E-state index in [1.807, 2.05) is 47.9 Å². The Morgan fingerprint density at radius 3 is 2.58 bits per heavy atom. The van der Waals surface area contributed by atoms with Crippen molar-refractivity contribution in [1.29, 1.82) is 0 Å². The number of rotatable bonds is 3. The predicted molar refractivity (Wildman–Crippen MR) is 73.6 cm³/mol. The van der Waals surface area contributed by atoms with Crippen LogP contribution in [-0.4, -0.2) is 26.6 Å². The molecule has 3 rings (SSSR count). The van der Waals surface area contributed by atoms with E-state index in [0.29, 0.717) is 12.6 Å². The quantitative estimate of drug-likeness (QED) is 0.720. The Balaban J connectivity index is 0.00000133. The second-order valence-electron chi connectivity index (χ2n) is 3.86. The van der Waals surface area contributed by atoms with Crippen molar-refractivity contribution >= 4 is 11.0 Å². The fraction of sp³-hybridized carbons (Fsp3) is 0.143. The molecule has 0 amide bonds. The van der Waals surface area contributed by atoms with Gasteiger partial charge in [-0.3, -0.25) is 9.55 Å². The van der Waals surface area contributed by atoms with E-state index in [-0.39, 0.29) is 5.48 Å². The van der Waals surface area contributed by atoms with E-state index in [1.54, 1.807) is 12.4 Å². The Morgan fingerprint density at radius 1 is 1.11 bits per heavy atom. The molecule has 0 atom stereocenters. The standard InChI is InChI=1S/C14H13N3O.H2O/c1-2-18-14-16-12-5-3-4-6-13(12)17(14)11-7-9-15-10-8-11;/h3-10H,2H2,1H3;1H2. The molecule has 5 heteroatoms. The van der Waals surface area contributed by atoms with Gasteiger partial charge < -0.3 is 10.2 Å². The first-order chi connectivity index (χ1) is 8.90. The first-order valence-corrected chi connectivity index (χ1v) is 5.91. The van der Waals surface area contributed by atoms with Crippen molar-refractivity contribution in [2.75, 3.05) is 6.61 Å². The van der Waals surface area contributed by atoms with Crippen molar-refractivity contribution in [3.8, 4) is 11.7 Å². The third-order valence-corrected chi connectivity index (χ3v) is 2.72. The molecule has 3 aromatic rings. The van der Waals surface area contributed by atoms with Crippen molar-refractivity contribution in [3.05, 3.63) is 48.8 Å². The molecular weight excluding hydrogens is 242 g/mol. The number of nitrogens with zero attached hydrogens (tertiary/aromatic N) is 3. The minimum atomic E-state index is 0. The molecule has 2 heterocycles. The first kappa shape index (κ1) is 13.0. The highest BCUT2D eigenvalue weighted by molar-refractivity contribution is 5.79. The summed E-state index contributed by atoms with van der Waals surface area (Å²) >= 11 is 0. The van der Waals surface area contributed by atoms with Crippen LogP contribution in [0.1, 0.15) is 6.92 Å². The third kappa shape index (κ3) is 2.28. The van der Waals surface area contributed by atoms with Crippen molar-refractivity contribution in [3.63, 3.8) is 0 Å². The van der Waals surface area contributed by atoms with Gasteiger partial charge in [-0.2, -0.15) is 4.98 Å². The molecule has 0 aliphatic heterocycles. The lowest BCUT2D eigenvalue weighted by Crippen LogP contribution is -2.01. The zero-order valence-corrected chi connectivity index (χ0v) is 10.6. The van der Waals surface area contributed by atoms with Crippen LogP contribution in [0.5, 0.6) is 6.01 Å². The fourth-order valence-electron chi connectivity index (χ4n) is 1.97. The summed E-state index contributed by atoms with van der Waals surface area (Å²) in [6.45, 7) is 2.55. The average molecular weight is 257 g/mol. The molecule has 0 radical (unpaired) electrons. The summed E-state index contributed by atoms with van der Waals surface area (Å²) in [4.78, 5) is 8.54. The average Bonchev–Trinajstić information content (AvgIpc) is 2.78. The van der Waals surface area contributed by atoms with Gasteiger partial charge in [0.15, 0.2) is 0 Å². The van der Waals surface area contributed by atoms with Crippen LogP contribution < -0.4 is 4.74 Å². The lowest BCUT2D eigenvalue weighted by atomic mass is 10.3. The molecule has 1 aromatic carbocycles. The summed E-state index contributed by atoms with van der Waals surface area (Å²) in [6.07, 6.45) is 3.53. The maximum atomic E-state index is 5.61. The number of fused-ring (bicyclic) bond motifs is 1. The molecule has 19 heavy (non-hydrogen) atoms. The van der Waals surface area contributed by atoms with E-state index in [1.165, 1.54) is 0 Å². The van der Waals surface area contributed by atoms with Crippen LogP contribution >= 0.6 is 0 Å². The fourth-order valence-corrected chi connectivity index (χ4v) is 1.97. The van der Waals surface area contributed by atoms with Crippen LogP contribution in [0.4, 0.5) is 0 Å². The van der Waals surface area contributed by atoms with Gasteiger partial charge in [-0.15, -0.1) is 0 Å². The molecule has 0 saturated heterocycles. The Morgan fingerprint density at radius 2 is 1.84 bits per heavy atom. The zero-order valence-electron chi connectivity index (χ0n) is 10.6. The van der Waals surface area contributed by atoms with Gasteiger partial charge in [0.05, 0.1) is 23.3 Å². The Bertz CT molecular complexity index is 665. The zero-order chi connectivity index (χ0) is 12.4. The topological polar surface area (TPSA) is 71.4 Å². The highest BCUT2D eigenvalue weighted by atomic mass is 16.5. The maximum Gasteiger partial charge on any atom is 0.302 e. The second kappa shape index (κ2) is 5.49. The minimum absolute atomic E-state index is 0. The van der Waals surface area contributed by atoms with Crippen molar-refractivity contribution < 1.29 is 10.2 Å². The highest BCUT2D eigenvalue weighted by Crippen LogP contribution is 2.25. The van der Waals surface area contributed by atoms with Crippen molar-refractivity contribution in [2.24, 2.45) is 0 Å². The summed E-state index contributed by atoms with van der Waals surface area (Å²) < 4.78 is 7.61. The lowest BCUT2D eigenvalue weighted by molar-refractivity contribution is 0.309. The number of ether oxygens (including phenoxy) is 1. The number of imidazole rings is 1. The molecular formula is C14H15N3O2. The van der Waals surface area contributed by atoms with E-state index in [4.69, 9.17) is 4.74 Å². The highest BCUT2D eigenvalue weighted by Gasteiger charge is 2.12. The minimum Gasteiger partial charge on any atom is -0.465 e.